The molecule has 0 saturated heterocycles. The van der Waals surface area contributed by atoms with Gasteiger partial charge in [-0.1, -0.05) is 38.1 Å². The molecule has 1 aromatic heterocycles. The first-order chi connectivity index (χ1) is 11.6. The van der Waals surface area contributed by atoms with Crippen LogP contribution in [-0.4, -0.2) is 16.2 Å². The molecule has 3 aromatic rings. The van der Waals surface area contributed by atoms with Gasteiger partial charge in [-0.3, -0.25) is 0 Å². The molecule has 126 valence electrons. The molecule has 1 heterocycles. The first kappa shape index (κ1) is 16.6. The van der Waals surface area contributed by atoms with E-state index in [9.17, 15) is 0 Å². The molecule has 0 spiro atoms. The summed E-state index contributed by atoms with van der Waals surface area (Å²) >= 11 is 0. The number of rotatable bonds is 7. The first-order valence-corrected chi connectivity index (χ1v) is 8.80. The molecule has 0 radical (unpaired) electrons. The third-order valence-corrected chi connectivity index (χ3v) is 4.23. The highest BCUT2D eigenvalue weighted by molar-refractivity contribution is 5.76. The second-order valence-corrected chi connectivity index (χ2v) is 6.64. The van der Waals surface area contributed by atoms with Gasteiger partial charge in [0.2, 0.25) is 0 Å². The van der Waals surface area contributed by atoms with Gasteiger partial charge in [-0.15, -0.1) is 0 Å². The molecule has 0 N–H and O–H groups in total. The van der Waals surface area contributed by atoms with Gasteiger partial charge in [0.1, 0.15) is 11.6 Å². The zero-order chi connectivity index (χ0) is 16.9. The number of aromatic nitrogens is 2. The van der Waals surface area contributed by atoms with Crippen LogP contribution in [0.3, 0.4) is 0 Å². The summed E-state index contributed by atoms with van der Waals surface area (Å²) in [6.07, 6.45) is 2.13. The number of nitrogens with zero attached hydrogens (tertiary/aromatic N) is 2. The molecule has 0 saturated carbocycles. The molecule has 0 aliphatic rings. The number of fused-ring (bicyclic) bond motifs is 1. The van der Waals surface area contributed by atoms with Crippen LogP contribution in [0.15, 0.2) is 48.5 Å². The van der Waals surface area contributed by atoms with Crippen LogP contribution in [-0.2, 0) is 6.54 Å². The van der Waals surface area contributed by atoms with Crippen LogP contribution >= 0.6 is 0 Å². The molecule has 3 nitrogen and oxygen atoms in total. The Hall–Kier alpha value is -2.29. The monoisotopic (exact) mass is 322 g/mol. The smallest absolute Gasteiger partial charge is 0.119 e. The molecule has 0 amide bonds. The van der Waals surface area contributed by atoms with Crippen LogP contribution < -0.4 is 4.74 Å². The number of unbranched alkanes of at least 4 members (excludes halogenated alkanes) is 1. The number of hydrogen-bond acceptors (Lipinski definition) is 2. The third kappa shape index (κ3) is 3.78. The van der Waals surface area contributed by atoms with Gasteiger partial charge < -0.3 is 9.30 Å². The normalized spacial score (nSPS) is 11.3. The maximum Gasteiger partial charge on any atom is 0.119 e. The Morgan fingerprint density at radius 1 is 1.04 bits per heavy atom. The Bertz CT molecular complexity index is 804. The first-order valence-electron chi connectivity index (χ1n) is 8.80. The van der Waals surface area contributed by atoms with Gasteiger partial charge in [0, 0.05) is 12.5 Å². The average molecular weight is 322 g/mol. The van der Waals surface area contributed by atoms with E-state index in [-0.39, 0.29) is 0 Å². The fourth-order valence-corrected chi connectivity index (χ4v) is 3.04. The van der Waals surface area contributed by atoms with Crippen molar-refractivity contribution in [1.82, 2.24) is 9.55 Å². The molecule has 0 unspecified atom stereocenters. The van der Waals surface area contributed by atoms with Crippen molar-refractivity contribution in [3.63, 3.8) is 0 Å². The minimum atomic E-state index is 0.431. The number of imidazole rings is 1. The lowest BCUT2D eigenvalue weighted by molar-refractivity contribution is 0.303. The molecular weight excluding hydrogens is 296 g/mol. The topological polar surface area (TPSA) is 27.1 Å². The van der Waals surface area contributed by atoms with Crippen LogP contribution in [0, 0.1) is 6.92 Å². The van der Waals surface area contributed by atoms with E-state index in [0.29, 0.717) is 5.92 Å². The fourth-order valence-electron chi connectivity index (χ4n) is 3.04. The molecule has 0 fully saturated rings. The van der Waals surface area contributed by atoms with Crippen molar-refractivity contribution in [2.75, 3.05) is 6.61 Å². The molecule has 0 aliphatic carbocycles. The molecule has 0 aliphatic heterocycles. The van der Waals surface area contributed by atoms with E-state index in [1.54, 1.807) is 0 Å². The summed E-state index contributed by atoms with van der Waals surface area (Å²) in [7, 11) is 0. The van der Waals surface area contributed by atoms with Crippen molar-refractivity contribution in [3.8, 4) is 5.75 Å². The predicted octanol–water partition coefficient (Wildman–Crippen LogP) is 5.33. The number of para-hydroxylation sites is 2. The molecule has 0 bridgehead atoms. The Morgan fingerprint density at radius 3 is 2.67 bits per heavy atom. The van der Waals surface area contributed by atoms with Gasteiger partial charge in [0.05, 0.1) is 17.6 Å². The summed E-state index contributed by atoms with van der Waals surface area (Å²) in [5.74, 6) is 2.57. The molecule has 2 aromatic carbocycles. The molecule has 24 heavy (non-hydrogen) atoms. The molecular formula is C21H26N2O. The fraction of sp³-hybridized carbons (Fsp3) is 0.381. The molecule has 3 rings (SSSR count). The Balaban J connectivity index is 1.58. The highest BCUT2D eigenvalue weighted by Gasteiger charge is 2.12. The number of hydrogen-bond donors (Lipinski definition) is 0. The van der Waals surface area contributed by atoms with Gasteiger partial charge in [-0.25, -0.2) is 4.98 Å². The highest BCUT2D eigenvalue weighted by atomic mass is 16.5. The van der Waals surface area contributed by atoms with Crippen LogP contribution in [0.2, 0.25) is 0 Å². The highest BCUT2D eigenvalue weighted by Crippen LogP contribution is 2.22. The lowest BCUT2D eigenvalue weighted by Gasteiger charge is -2.12. The van der Waals surface area contributed by atoms with E-state index in [4.69, 9.17) is 9.72 Å². The Labute approximate surface area is 144 Å². The van der Waals surface area contributed by atoms with Gasteiger partial charge in [-0.2, -0.15) is 0 Å². The number of aryl methyl sites for hydroxylation is 2. The molecule has 0 atom stereocenters. The quantitative estimate of drug-likeness (QED) is 0.550. The SMILES string of the molecule is Cc1cccc(OCCCCn2c(C(C)C)nc3ccccc32)c1. The zero-order valence-electron chi connectivity index (χ0n) is 14.8. The largest absolute Gasteiger partial charge is 0.494 e. The summed E-state index contributed by atoms with van der Waals surface area (Å²) in [4.78, 5) is 4.80. The Kier molecular flexibility index (Phi) is 5.19. The second-order valence-electron chi connectivity index (χ2n) is 6.64. The average Bonchev–Trinajstić information content (AvgIpc) is 2.94. The van der Waals surface area contributed by atoms with Crippen molar-refractivity contribution in [2.45, 2.75) is 46.1 Å². The van der Waals surface area contributed by atoms with E-state index >= 15 is 0 Å². The van der Waals surface area contributed by atoms with E-state index in [1.807, 2.05) is 12.1 Å². The lowest BCUT2D eigenvalue weighted by atomic mass is 10.2. The number of benzene rings is 2. The Morgan fingerprint density at radius 2 is 1.88 bits per heavy atom. The third-order valence-electron chi connectivity index (χ3n) is 4.23. The van der Waals surface area contributed by atoms with Crippen molar-refractivity contribution in [1.29, 1.82) is 0 Å². The number of ether oxygens (including phenoxy) is 1. The molecule has 3 heteroatoms. The van der Waals surface area contributed by atoms with Crippen LogP contribution in [0.25, 0.3) is 11.0 Å². The van der Waals surface area contributed by atoms with E-state index < -0.39 is 0 Å². The standard InChI is InChI=1S/C21H26N2O/c1-16(2)21-22-19-11-4-5-12-20(19)23(21)13-6-7-14-24-18-10-8-9-17(3)15-18/h4-5,8-12,15-16H,6-7,13-14H2,1-3H3. The summed E-state index contributed by atoms with van der Waals surface area (Å²) in [5.41, 5.74) is 3.57. The van der Waals surface area contributed by atoms with Gasteiger partial charge in [-0.05, 0) is 49.6 Å². The summed E-state index contributed by atoms with van der Waals surface area (Å²) < 4.78 is 8.21. The van der Waals surface area contributed by atoms with E-state index in [2.05, 4.69) is 61.7 Å². The maximum atomic E-state index is 5.85. The summed E-state index contributed by atoms with van der Waals surface area (Å²) in [6.45, 7) is 8.25. The maximum absolute atomic E-state index is 5.85. The lowest BCUT2D eigenvalue weighted by Crippen LogP contribution is -2.07. The minimum Gasteiger partial charge on any atom is -0.494 e. The predicted molar refractivity (Wildman–Crippen MR) is 99.7 cm³/mol. The van der Waals surface area contributed by atoms with Crippen LogP contribution in [0.1, 0.15) is 44.0 Å². The van der Waals surface area contributed by atoms with Gasteiger partial charge >= 0.3 is 0 Å². The van der Waals surface area contributed by atoms with Crippen molar-refractivity contribution in [3.05, 3.63) is 59.9 Å². The van der Waals surface area contributed by atoms with Gasteiger partial charge in [0.15, 0.2) is 0 Å². The van der Waals surface area contributed by atoms with Crippen molar-refractivity contribution in [2.24, 2.45) is 0 Å². The van der Waals surface area contributed by atoms with Crippen LogP contribution in [0.5, 0.6) is 5.75 Å². The van der Waals surface area contributed by atoms with Crippen LogP contribution in [0.4, 0.5) is 0 Å². The van der Waals surface area contributed by atoms with Crippen molar-refractivity contribution >= 4 is 11.0 Å². The van der Waals surface area contributed by atoms with E-state index in [0.717, 1.165) is 37.3 Å². The van der Waals surface area contributed by atoms with Crippen molar-refractivity contribution < 1.29 is 4.74 Å². The zero-order valence-corrected chi connectivity index (χ0v) is 14.8. The second kappa shape index (κ2) is 7.52. The summed E-state index contributed by atoms with van der Waals surface area (Å²) in [5, 5.41) is 0. The van der Waals surface area contributed by atoms with E-state index in [1.165, 1.54) is 16.9 Å². The van der Waals surface area contributed by atoms with Gasteiger partial charge in [0.25, 0.3) is 0 Å². The summed E-state index contributed by atoms with van der Waals surface area (Å²) in [6, 6.07) is 16.6. The minimum absolute atomic E-state index is 0.431.